The molecule has 0 aliphatic rings. The molecule has 0 spiro atoms. The quantitative estimate of drug-likeness (QED) is 0.625. The Morgan fingerprint density at radius 2 is 1.68 bits per heavy atom. The van der Waals surface area contributed by atoms with Crippen LogP contribution in [-0.4, -0.2) is 5.11 Å². The van der Waals surface area contributed by atoms with Gasteiger partial charge in [0, 0.05) is 17.8 Å². The summed E-state index contributed by atoms with van der Waals surface area (Å²) in [7, 11) is 0. The maximum Gasteiger partial charge on any atom is 0.171 e. The molecule has 0 bridgehead atoms. The molecule has 3 aromatic rings. The first kappa shape index (κ1) is 17.1. The molecular formula is C21H19FN2S. The van der Waals surface area contributed by atoms with Crippen molar-refractivity contribution in [3.05, 3.63) is 89.7 Å². The van der Waals surface area contributed by atoms with Crippen molar-refractivity contribution in [2.75, 3.05) is 5.32 Å². The Hall–Kier alpha value is -2.72. The van der Waals surface area contributed by atoms with Gasteiger partial charge >= 0.3 is 0 Å². The number of rotatable bonds is 4. The fourth-order valence-electron chi connectivity index (χ4n) is 2.63. The van der Waals surface area contributed by atoms with Gasteiger partial charge < -0.3 is 10.6 Å². The van der Waals surface area contributed by atoms with Crippen molar-refractivity contribution in [2.45, 2.75) is 13.5 Å². The molecule has 0 aliphatic carbocycles. The van der Waals surface area contributed by atoms with E-state index in [0.29, 0.717) is 11.7 Å². The second-order valence-corrected chi connectivity index (χ2v) is 6.20. The minimum absolute atomic E-state index is 0.240. The molecule has 126 valence electrons. The Morgan fingerprint density at radius 1 is 0.960 bits per heavy atom. The SMILES string of the molecule is Cc1ccc(F)cc1CNC(=S)Nc1ccccc1-c1ccccc1. The molecule has 3 rings (SSSR count). The first-order chi connectivity index (χ1) is 12.1. The summed E-state index contributed by atoms with van der Waals surface area (Å²) >= 11 is 5.40. The molecule has 0 aromatic heterocycles. The Morgan fingerprint density at radius 3 is 2.48 bits per heavy atom. The van der Waals surface area contributed by atoms with E-state index in [1.165, 1.54) is 12.1 Å². The highest BCUT2D eigenvalue weighted by Gasteiger charge is 2.07. The lowest BCUT2D eigenvalue weighted by molar-refractivity contribution is 0.624. The van der Waals surface area contributed by atoms with E-state index in [2.05, 4.69) is 28.8 Å². The lowest BCUT2D eigenvalue weighted by atomic mass is 10.0. The average Bonchev–Trinajstić information content (AvgIpc) is 2.64. The van der Waals surface area contributed by atoms with Gasteiger partial charge in [0.05, 0.1) is 0 Å². The average molecular weight is 350 g/mol. The van der Waals surface area contributed by atoms with E-state index in [9.17, 15) is 4.39 Å². The molecule has 0 saturated heterocycles. The summed E-state index contributed by atoms with van der Waals surface area (Å²) in [4.78, 5) is 0. The number of benzene rings is 3. The molecule has 3 aromatic carbocycles. The third kappa shape index (κ3) is 4.43. The Labute approximate surface area is 152 Å². The lowest BCUT2D eigenvalue weighted by Gasteiger charge is -2.15. The molecule has 2 nitrogen and oxygen atoms in total. The van der Waals surface area contributed by atoms with Crippen LogP contribution >= 0.6 is 12.2 Å². The van der Waals surface area contributed by atoms with Gasteiger partial charge in [-0.2, -0.15) is 0 Å². The zero-order valence-corrected chi connectivity index (χ0v) is 14.7. The number of hydrogen-bond acceptors (Lipinski definition) is 1. The first-order valence-corrected chi connectivity index (χ1v) is 8.48. The molecule has 0 amide bonds. The zero-order valence-electron chi connectivity index (χ0n) is 13.9. The van der Waals surface area contributed by atoms with E-state index in [1.807, 2.05) is 43.3 Å². The van der Waals surface area contributed by atoms with E-state index in [4.69, 9.17) is 12.2 Å². The molecule has 0 fully saturated rings. The molecular weight excluding hydrogens is 331 g/mol. The van der Waals surface area contributed by atoms with Gasteiger partial charge in [-0.25, -0.2) is 4.39 Å². The van der Waals surface area contributed by atoms with Crippen molar-refractivity contribution >= 4 is 23.0 Å². The predicted octanol–water partition coefficient (Wildman–Crippen LogP) is 5.29. The third-order valence-corrected chi connectivity index (χ3v) is 4.26. The highest BCUT2D eigenvalue weighted by molar-refractivity contribution is 7.80. The van der Waals surface area contributed by atoms with E-state index in [-0.39, 0.29) is 5.82 Å². The van der Waals surface area contributed by atoms with Crippen LogP contribution in [0.4, 0.5) is 10.1 Å². The highest BCUT2D eigenvalue weighted by atomic mass is 32.1. The fourth-order valence-corrected chi connectivity index (χ4v) is 2.82. The van der Waals surface area contributed by atoms with Crippen LogP contribution in [0.5, 0.6) is 0 Å². The molecule has 0 unspecified atom stereocenters. The number of hydrogen-bond donors (Lipinski definition) is 2. The normalized spacial score (nSPS) is 10.3. The van der Waals surface area contributed by atoms with Gasteiger partial charge in [0.2, 0.25) is 0 Å². The number of nitrogens with one attached hydrogen (secondary N) is 2. The Balaban J connectivity index is 1.71. The van der Waals surface area contributed by atoms with Crippen LogP contribution in [0.25, 0.3) is 11.1 Å². The van der Waals surface area contributed by atoms with Crippen LogP contribution in [0.3, 0.4) is 0 Å². The van der Waals surface area contributed by atoms with Crippen LogP contribution in [0, 0.1) is 12.7 Å². The van der Waals surface area contributed by atoms with Crippen molar-refractivity contribution in [3.8, 4) is 11.1 Å². The second-order valence-electron chi connectivity index (χ2n) is 5.79. The van der Waals surface area contributed by atoms with Crippen LogP contribution in [0.1, 0.15) is 11.1 Å². The summed E-state index contributed by atoms with van der Waals surface area (Å²) in [6.45, 7) is 2.43. The molecule has 0 heterocycles. The van der Waals surface area contributed by atoms with Crippen LogP contribution in [0.15, 0.2) is 72.8 Å². The number of para-hydroxylation sites is 1. The molecule has 0 aliphatic heterocycles. The van der Waals surface area contributed by atoms with Crippen molar-refractivity contribution < 1.29 is 4.39 Å². The summed E-state index contributed by atoms with van der Waals surface area (Å²) in [5.41, 5.74) is 5.05. The third-order valence-electron chi connectivity index (χ3n) is 4.01. The molecule has 25 heavy (non-hydrogen) atoms. The minimum Gasteiger partial charge on any atom is -0.358 e. The predicted molar refractivity (Wildman–Crippen MR) is 106 cm³/mol. The van der Waals surface area contributed by atoms with Crippen molar-refractivity contribution in [1.82, 2.24) is 5.32 Å². The van der Waals surface area contributed by atoms with Crippen molar-refractivity contribution in [3.63, 3.8) is 0 Å². The maximum absolute atomic E-state index is 13.4. The second kappa shape index (κ2) is 7.90. The molecule has 0 atom stereocenters. The van der Waals surface area contributed by atoms with E-state index in [0.717, 1.165) is 27.9 Å². The number of anilines is 1. The standard InChI is InChI=1S/C21H19FN2S/c1-15-11-12-18(22)13-17(15)14-23-21(25)24-20-10-6-5-9-19(20)16-7-3-2-4-8-16/h2-13H,14H2,1H3,(H2,23,24,25). The van der Waals surface area contributed by atoms with Gasteiger partial charge in [0.1, 0.15) is 5.82 Å². The number of aryl methyl sites for hydroxylation is 1. The van der Waals surface area contributed by atoms with E-state index >= 15 is 0 Å². The monoisotopic (exact) mass is 350 g/mol. The van der Waals surface area contributed by atoms with Gasteiger partial charge in [-0.15, -0.1) is 0 Å². The summed E-state index contributed by atoms with van der Waals surface area (Å²) in [5.74, 6) is -0.240. The Bertz CT molecular complexity index is 878. The summed E-state index contributed by atoms with van der Waals surface area (Å²) < 4.78 is 13.4. The number of halogens is 1. The Kier molecular flexibility index (Phi) is 5.41. The maximum atomic E-state index is 13.4. The van der Waals surface area contributed by atoms with E-state index in [1.54, 1.807) is 6.07 Å². The van der Waals surface area contributed by atoms with Crippen LogP contribution < -0.4 is 10.6 Å². The summed E-state index contributed by atoms with van der Waals surface area (Å²) in [6.07, 6.45) is 0. The van der Waals surface area contributed by atoms with Crippen molar-refractivity contribution in [1.29, 1.82) is 0 Å². The number of thiocarbonyl (C=S) groups is 1. The summed E-state index contributed by atoms with van der Waals surface area (Å²) in [6, 6.07) is 22.9. The van der Waals surface area contributed by atoms with Crippen LogP contribution in [0.2, 0.25) is 0 Å². The lowest BCUT2D eigenvalue weighted by Crippen LogP contribution is -2.28. The van der Waals surface area contributed by atoms with Gasteiger partial charge in [0.25, 0.3) is 0 Å². The molecule has 0 radical (unpaired) electrons. The fraction of sp³-hybridized carbons (Fsp3) is 0.0952. The molecule has 2 N–H and O–H groups in total. The topological polar surface area (TPSA) is 24.1 Å². The van der Waals surface area contributed by atoms with Gasteiger partial charge in [-0.05, 0) is 54.0 Å². The smallest absolute Gasteiger partial charge is 0.171 e. The largest absolute Gasteiger partial charge is 0.358 e. The van der Waals surface area contributed by atoms with Gasteiger partial charge in [-0.1, -0.05) is 54.6 Å². The minimum atomic E-state index is -0.240. The first-order valence-electron chi connectivity index (χ1n) is 8.08. The van der Waals surface area contributed by atoms with Crippen LogP contribution in [-0.2, 0) is 6.54 Å². The van der Waals surface area contributed by atoms with Gasteiger partial charge in [0.15, 0.2) is 5.11 Å². The molecule has 4 heteroatoms. The highest BCUT2D eigenvalue weighted by Crippen LogP contribution is 2.27. The van der Waals surface area contributed by atoms with Crippen molar-refractivity contribution in [2.24, 2.45) is 0 Å². The molecule has 0 saturated carbocycles. The van der Waals surface area contributed by atoms with Gasteiger partial charge in [-0.3, -0.25) is 0 Å². The zero-order chi connectivity index (χ0) is 17.6. The van der Waals surface area contributed by atoms with E-state index < -0.39 is 0 Å². The summed E-state index contributed by atoms with van der Waals surface area (Å²) in [5, 5.41) is 6.89.